The third kappa shape index (κ3) is 3.68. The topological polar surface area (TPSA) is 92.5 Å². The van der Waals surface area contributed by atoms with Gasteiger partial charge in [-0.25, -0.2) is 8.42 Å². The van der Waals surface area contributed by atoms with Gasteiger partial charge in [-0.05, 0) is 37.1 Å². The second kappa shape index (κ2) is 7.04. The number of amides is 1. The molecule has 1 fully saturated rings. The highest BCUT2D eigenvalue weighted by Crippen LogP contribution is 2.25. The molecule has 1 aromatic heterocycles. The fourth-order valence-corrected chi connectivity index (χ4v) is 4.35. The first-order valence-corrected chi connectivity index (χ1v) is 9.67. The Kier molecular flexibility index (Phi) is 5.02. The summed E-state index contributed by atoms with van der Waals surface area (Å²) in [6.07, 6.45) is 2.32. The van der Waals surface area contributed by atoms with E-state index in [1.165, 1.54) is 10.6 Å². The summed E-state index contributed by atoms with van der Waals surface area (Å²) in [6, 6.07) is 8.10. The third-order valence-electron chi connectivity index (χ3n) is 3.97. The zero-order valence-electron chi connectivity index (χ0n) is 12.7. The molecule has 1 N–H and O–H groups in total. The summed E-state index contributed by atoms with van der Waals surface area (Å²) in [5, 5.41) is 6.30. The second-order valence-corrected chi connectivity index (χ2v) is 8.36. The molecule has 0 atom stereocenters. The Labute approximate surface area is 148 Å². The number of nitrogens with one attached hydrogen (secondary N) is 1. The summed E-state index contributed by atoms with van der Waals surface area (Å²) >= 11 is 3.29. The molecule has 1 aliphatic rings. The van der Waals surface area contributed by atoms with E-state index in [2.05, 4.69) is 30.9 Å². The van der Waals surface area contributed by atoms with Crippen LogP contribution in [-0.2, 0) is 14.8 Å². The second-order valence-electron chi connectivity index (χ2n) is 5.51. The molecule has 2 aromatic rings. The Hall–Kier alpha value is -1.71. The van der Waals surface area contributed by atoms with Crippen molar-refractivity contribution < 1.29 is 17.7 Å². The van der Waals surface area contributed by atoms with Crippen LogP contribution < -0.4 is 5.32 Å². The van der Waals surface area contributed by atoms with E-state index in [0.717, 1.165) is 4.47 Å². The lowest BCUT2D eigenvalue weighted by Gasteiger charge is -2.30. The lowest BCUT2D eigenvalue weighted by atomic mass is 9.97. The molecule has 9 heteroatoms. The van der Waals surface area contributed by atoms with E-state index in [0.29, 0.717) is 31.7 Å². The Bertz CT molecular complexity index is 798. The van der Waals surface area contributed by atoms with Gasteiger partial charge in [-0.3, -0.25) is 4.79 Å². The first-order chi connectivity index (χ1) is 11.5. The normalized spacial score (nSPS) is 16.9. The Morgan fingerprint density at radius 2 is 1.88 bits per heavy atom. The number of hydrogen-bond donors (Lipinski definition) is 1. The fourth-order valence-electron chi connectivity index (χ4n) is 2.62. The Morgan fingerprint density at radius 3 is 2.46 bits per heavy atom. The molecule has 0 unspecified atom stereocenters. The molecule has 0 spiro atoms. The van der Waals surface area contributed by atoms with Crippen LogP contribution >= 0.6 is 15.9 Å². The molecule has 0 aliphatic carbocycles. The number of anilines is 1. The molecule has 24 heavy (non-hydrogen) atoms. The molecular formula is C15H16BrN3O4S. The molecule has 1 amide bonds. The van der Waals surface area contributed by atoms with Gasteiger partial charge < -0.3 is 9.84 Å². The number of halogens is 1. The van der Waals surface area contributed by atoms with Crippen LogP contribution in [0, 0.1) is 5.92 Å². The molecule has 3 rings (SSSR count). The number of aromatic nitrogens is 1. The standard InChI is InChI=1S/C15H16BrN3O4S/c16-12-1-3-13(4-2-12)24(21,22)19-8-5-11(6-9-19)15(20)17-14-7-10-23-18-14/h1-4,7,10-11H,5-6,8-9H2,(H,17,18,20). The Morgan fingerprint density at radius 1 is 1.21 bits per heavy atom. The molecule has 1 aromatic carbocycles. The van der Waals surface area contributed by atoms with Crippen molar-refractivity contribution in [3.63, 3.8) is 0 Å². The molecule has 1 aliphatic heterocycles. The molecule has 128 valence electrons. The molecule has 0 saturated carbocycles. The van der Waals surface area contributed by atoms with Gasteiger partial charge in [0.25, 0.3) is 0 Å². The lowest BCUT2D eigenvalue weighted by Crippen LogP contribution is -2.41. The van der Waals surface area contributed by atoms with Gasteiger partial charge >= 0.3 is 0 Å². The predicted octanol–water partition coefficient (Wildman–Crippen LogP) is 2.48. The van der Waals surface area contributed by atoms with Crippen molar-refractivity contribution in [1.29, 1.82) is 0 Å². The van der Waals surface area contributed by atoms with Crippen molar-refractivity contribution in [2.75, 3.05) is 18.4 Å². The average molecular weight is 414 g/mol. The summed E-state index contributed by atoms with van der Waals surface area (Å²) in [5.74, 6) is -0.0347. The molecule has 0 radical (unpaired) electrons. The summed E-state index contributed by atoms with van der Waals surface area (Å²) in [6.45, 7) is 0.630. The maximum Gasteiger partial charge on any atom is 0.243 e. The van der Waals surface area contributed by atoms with Crippen molar-refractivity contribution >= 4 is 37.7 Å². The number of nitrogens with zero attached hydrogens (tertiary/aromatic N) is 2. The van der Waals surface area contributed by atoms with Crippen molar-refractivity contribution in [1.82, 2.24) is 9.46 Å². The largest absolute Gasteiger partial charge is 0.363 e. The number of carbonyl (C=O) groups excluding carboxylic acids is 1. The van der Waals surface area contributed by atoms with Gasteiger partial charge in [0, 0.05) is 29.5 Å². The van der Waals surface area contributed by atoms with Crippen LogP contribution in [0.25, 0.3) is 0 Å². The maximum atomic E-state index is 12.6. The van der Waals surface area contributed by atoms with Crippen LogP contribution in [0.1, 0.15) is 12.8 Å². The van der Waals surface area contributed by atoms with Crippen LogP contribution in [-0.4, -0.2) is 36.9 Å². The molecule has 0 bridgehead atoms. The van der Waals surface area contributed by atoms with Gasteiger partial charge in [0.05, 0.1) is 4.90 Å². The minimum absolute atomic E-state index is 0.162. The van der Waals surface area contributed by atoms with E-state index < -0.39 is 10.0 Å². The summed E-state index contributed by atoms with van der Waals surface area (Å²) in [7, 11) is -3.52. The average Bonchev–Trinajstić information content (AvgIpc) is 3.08. The SMILES string of the molecule is O=C(Nc1ccon1)C1CCN(S(=O)(=O)c2ccc(Br)cc2)CC1. The van der Waals surface area contributed by atoms with Crippen LogP contribution in [0.5, 0.6) is 0 Å². The highest BCUT2D eigenvalue weighted by molar-refractivity contribution is 9.10. The van der Waals surface area contributed by atoms with Crippen molar-refractivity contribution in [2.24, 2.45) is 5.92 Å². The van der Waals surface area contributed by atoms with Gasteiger partial charge in [-0.15, -0.1) is 0 Å². The van der Waals surface area contributed by atoms with E-state index in [9.17, 15) is 13.2 Å². The maximum absolute atomic E-state index is 12.6. The number of sulfonamides is 1. The molecule has 2 heterocycles. The van der Waals surface area contributed by atoms with Crippen LogP contribution in [0.2, 0.25) is 0 Å². The number of rotatable bonds is 4. The number of carbonyl (C=O) groups is 1. The van der Waals surface area contributed by atoms with Gasteiger partial charge in [-0.2, -0.15) is 4.31 Å². The Balaban J connectivity index is 1.62. The minimum Gasteiger partial charge on any atom is -0.363 e. The lowest BCUT2D eigenvalue weighted by molar-refractivity contribution is -0.120. The van der Waals surface area contributed by atoms with E-state index in [-0.39, 0.29) is 16.7 Å². The number of hydrogen-bond acceptors (Lipinski definition) is 5. The van der Waals surface area contributed by atoms with Crippen LogP contribution in [0.3, 0.4) is 0 Å². The number of piperidine rings is 1. The smallest absolute Gasteiger partial charge is 0.243 e. The van der Waals surface area contributed by atoms with Crippen molar-refractivity contribution in [3.8, 4) is 0 Å². The quantitative estimate of drug-likeness (QED) is 0.830. The van der Waals surface area contributed by atoms with Crippen molar-refractivity contribution in [2.45, 2.75) is 17.7 Å². The molecule has 1 saturated heterocycles. The monoisotopic (exact) mass is 413 g/mol. The van der Waals surface area contributed by atoms with E-state index in [4.69, 9.17) is 0 Å². The zero-order valence-corrected chi connectivity index (χ0v) is 15.1. The number of benzene rings is 1. The van der Waals surface area contributed by atoms with Gasteiger partial charge in [0.2, 0.25) is 15.9 Å². The van der Waals surface area contributed by atoms with E-state index >= 15 is 0 Å². The fraction of sp³-hybridized carbons (Fsp3) is 0.333. The zero-order chi connectivity index (χ0) is 17.2. The molecule has 7 nitrogen and oxygen atoms in total. The molecular weight excluding hydrogens is 398 g/mol. The van der Waals surface area contributed by atoms with Crippen molar-refractivity contribution in [3.05, 3.63) is 41.1 Å². The van der Waals surface area contributed by atoms with Crippen LogP contribution in [0.15, 0.2) is 50.5 Å². The van der Waals surface area contributed by atoms with Gasteiger partial charge in [0.15, 0.2) is 5.82 Å². The van der Waals surface area contributed by atoms with Crippen LogP contribution in [0.4, 0.5) is 5.82 Å². The van der Waals surface area contributed by atoms with E-state index in [1.807, 2.05) is 0 Å². The highest BCUT2D eigenvalue weighted by Gasteiger charge is 2.32. The predicted molar refractivity (Wildman–Crippen MR) is 90.8 cm³/mol. The first-order valence-electron chi connectivity index (χ1n) is 7.44. The summed E-state index contributed by atoms with van der Waals surface area (Å²) in [4.78, 5) is 12.4. The summed E-state index contributed by atoms with van der Waals surface area (Å²) in [5.41, 5.74) is 0. The van der Waals surface area contributed by atoms with Gasteiger partial charge in [-0.1, -0.05) is 21.1 Å². The first kappa shape index (κ1) is 17.1. The highest BCUT2D eigenvalue weighted by atomic mass is 79.9. The van der Waals surface area contributed by atoms with Gasteiger partial charge in [0.1, 0.15) is 6.26 Å². The minimum atomic E-state index is -3.52. The van der Waals surface area contributed by atoms with E-state index in [1.54, 1.807) is 30.3 Å². The summed E-state index contributed by atoms with van der Waals surface area (Å²) < 4.78 is 32.2. The third-order valence-corrected chi connectivity index (χ3v) is 6.41.